The molecule has 2 aromatic carbocycles. The molecule has 4 rings (SSSR count). The summed E-state index contributed by atoms with van der Waals surface area (Å²) in [5.41, 5.74) is 4.72. The summed E-state index contributed by atoms with van der Waals surface area (Å²) in [7, 11) is 0. The number of nitrogens with one attached hydrogen (secondary N) is 1. The first-order valence-electron chi connectivity index (χ1n) is 12.5. The molecule has 2 aliphatic rings. The van der Waals surface area contributed by atoms with E-state index in [4.69, 9.17) is 9.84 Å². The number of alkyl carbamates (subject to hydrolysis) is 1. The van der Waals surface area contributed by atoms with Crippen LogP contribution in [0.2, 0.25) is 0 Å². The van der Waals surface area contributed by atoms with Gasteiger partial charge in [-0.25, -0.2) is 4.79 Å². The van der Waals surface area contributed by atoms with Gasteiger partial charge >= 0.3 is 12.1 Å². The van der Waals surface area contributed by atoms with E-state index in [9.17, 15) is 14.4 Å². The molecule has 2 unspecified atom stereocenters. The van der Waals surface area contributed by atoms with E-state index >= 15 is 0 Å². The smallest absolute Gasteiger partial charge is 0.407 e. The Hall–Kier alpha value is -3.35. The number of likely N-dealkylation sites (tertiary alicyclic amines) is 1. The molecule has 35 heavy (non-hydrogen) atoms. The molecule has 0 spiro atoms. The van der Waals surface area contributed by atoms with Gasteiger partial charge in [0, 0.05) is 37.9 Å². The van der Waals surface area contributed by atoms with Gasteiger partial charge in [-0.2, -0.15) is 0 Å². The lowest BCUT2D eigenvalue weighted by Gasteiger charge is -2.34. The highest BCUT2D eigenvalue weighted by Gasteiger charge is 2.29. The first-order chi connectivity index (χ1) is 16.9. The van der Waals surface area contributed by atoms with Gasteiger partial charge in [-0.3, -0.25) is 9.59 Å². The van der Waals surface area contributed by atoms with Crippen LogP contribution in [0.5, 0.6) is 0 Å². The van der Waals surface area contributed by atoms with Crippen molar-refractivity contribution in [3.8, 4) is 11.1 Å². The fraction of sp³-hybridized carbons (Fsp3) is 0.464. The van der Waals surface area contributed by atoms with Crippen molar-refractivity contribution in [1.82, 2.24) is 10.2 Å². The normalized spacial score (nSPS) is 17.9. The maximum Gasteiger partial charge on any atom is 0.407 e. The Balaban J connectivity index is 1.21. The van der Waals surface area contributed by atoms with Crippen LogP contribution in [0.1, 0.15) is 56.1 Å². The summed E-state index contributed by atoms with van der Waals surface area (Å²) < 4.78 is 5.57. The van der Waals surface area contributed by atoms with Crippen molar-refractivity contribution in [2.24, 2.45) is 11.8 Å². The number of rotatable bonds is 9. The van der Waals surface area contributed by atoms with E-state index < -0.39 is 12.1 Å². The van der Waals surface area contributed by atoms with Gasteiger partial charge in [0.15, 0.2) is 0 Å². The highest BCUT2D eigenvalue weighted by Crippen LogP contribution is 2.44. The Bertz CT molecular complexity index is 1020. The Morgan fingerprint density at radius 1 is 1.09 bits per heavy atom. The standard InChI is InChI=1S/C28H34N2O5/c1-19(27(33)30-16-6-7-20(17-30)12-13-26(31)32)14-15-29-28(34)35-18-25-23-10-4-2-8-21(23)22-9-3-5-11-24(22)25/h2-5,8-11,19-20,25H,6-7,12-18H2,1H3,(H,29,34)(H,31,32). The van der Waals surface area contributed by atoms with Crippen molar-refractivity contribution >= 4 is 18.0 Å². The number of ether oxygens (including phenoxy) is 1. The zero-order chi connectivity index (χ0) is 24.8. The number of carboxylic acid groups (broad SMARTS) is 1. The third-order valence-corrected chi connectivity index (χ3v) is 7.21. The molecule has 1 saturated heterocycles. The number of piperidine rings is 1. The number of aliphatic carboxylic acids is 1. The number of carbonyl (C=O) groups excluding carboxylic acids is 2. The molecule has 1 aliphatic heterocycles. The second-order valence-corrected chi connectivity index (χ2v) is 9.67. The fourth-order valence-corrected chi connectivity index (χ4v) is 5.30. The predicted octanol–water partition coefficient (Wildman–Crippen LogP) is 4.65. The molecule has 2 amide bonds. The largest absolute Gasteiger partial charge is 0.481 e. The first-order valence-corrected chi connectivity index (χ1v) is 12.5. The highest BCUT2D eigenvalue weighted by molar-refractivity contribution is 5.79. The van der Waals surface area contributed by atoms with Gasteiger partial charge in [0.05, 0.1) is 0 Å². The van der Waals surface area contributed by atoms with Crippen molar-refractivity contribution in [2.45, 2.75) is 44.9 Å². The van der Waals surface area contributed by atoms with E-state index in [1.165, 1.54) is 22.3 Å². The summed E-state index contributed by atoms with van der Waals surface area (Å²) in [4.78, 5) is 37.9. The monoisotopic (exact) mass is 478 g/mol. The lowest BCUT2D eigenvalue weighted by molar-refractivity contribution is -0.138. The van der Waals surface area contributed by atoms with Crippen LogP contribution < -0.4 is 5.32 Å². The van der Waals surface area contributed by atoms with Crippen molar-refractivity contribution < 1.29 is 24.2 Å². The van der Waals surface area contributed by atoms with Crippen LogP contribution in [0.25, 0.3) is 11.1 Å². The minimum atomic E-state index is -0.791. The van der Waals surface area contributed by atoms with Crippen molar-refractivity contribution in [3.05, 3.63) is 59.7 Å². The number of amides is 2. The lowest BCUT2D eigenvalue weighted by atomic mass is 9.92. The van der Waals surface area contributed by atoms with Crippen LogP contribution in [-0.2, 0) is 14.3 Å². The summed E-state index contributed by atoms with van der Waals surface area (Å²) in [5.74, 6) is -0.681. The molecule has 1 heterocycles. The molecule has 2 N–H and O–H groups in total. The Labute approximate surface area is 206 Å². The van der Waals surface area contributed by atoms with E-state index in [2.05, 4.69) is 29.6 Å². The zero-order valence-electron chi connectivity index (χ0n) is 20.2. The summed E-state index contributed by atoms with van der Waals surface area (Å²) >= 11 is 0. The van der Waals surface area contributed by atoms with Gasteiger partial charge in [-0.15, -0.1) is 0 Å². The van der Waals surface area contributed by atoms with Gasteiger partial charge in [0.2, 0.25) is 5.91 Å². The van der Waals surface area contributed by atoms with Crippen LogP contribution >= 0.6 is 0 Å². The summed E-state index contributed by atoms with van der Waals surface area (Å²) in [5, 5.41) is 11.7. The average Bonchev–Trinajstić information content (AvgIpc) is 3.19. The Morgan fingerprint density at radius 3 is 2.40 bits per heavy atom. The second-order valence-electron chi connectivity index (χ2n) is 9.67. The van der Waals surface area contributed by atoms with Crippen LogP contribution in [0.15, 0.2) is 48.5 Å². The number of carboxylic acids is 1. The third-order valence-electron chi connectivity index (χ3n) is 7.21. The number of fused-ring (bicyclic) bond motifs is 3. The zero-order valence-corrected chi connectivity index (χ0v) is 20.2. The minimum Gasteiger partial charge on any atom is -0.481 e. The number of hydrogen-bond donors (Lipinski definition) is 2. The summed E-state index contributed by atoms with van der Waals surface area (Å²) in [6, 6.07) is 16.4. The number of benzene rings is 2. The minimum absolute atomic E-state index is 0.0156. The highest BCUT2D eigenvalue weighted by atomic mass is 16.5. The van der Waals surface area contributed by atoms with Crippen LogP contribution in [-0.4, -0.2) is 54.2 Å². The molecular formula is C28H34N2O5. The second kappa shape index (κ2) is 11.4. The maximum atomic E-state index is 12.9. The molecule has 1 fully saturated rings. The van der Waals surface area contributed by atoms with E-state index in [1.54, 1.807) is 0 Å². The topological polar surface area (TPSA) is 95.9 Å². The van der Waals surface area contributed by atoms with Crippen LogP contribution in [0.4, 0.5) is 4.79 Å². The van der Waals surface area contributed by atoms with Crippen molar-refractivity contribution in [2.75, 3.05) is 26.2 Å². The molecule has 0 saturated carbocycles. The third kappa shape index (κ3) is 6.02. The fourth-order valence-electron chi connectivity index (χ4n) is 5.30. The number of hydrogen-bond acceptors (Lipinski definition) is 4. The SMILES string of the molecule is CC(CCNC(=O)OCC1c2ccccc2-c2ccccc21)C(=O)N1CCCC(CCC(=O)O)C1. The average molecular weight is 479 g/mol. The van der Waals surface area contributed by atoms with Gasteiger partial charge < -0.3 is 20.1 Å². The molecule has 0 bridgehead atoms. The maximum absolute atomic E-state index is 12.9. The molecular weight excluding hydrogens is 444 g/mol. The van der Waals surface area contributed by atoms with Crippen LogP contribution in [0, 0.1) is 11.8 Å². The van der Waals surface area contributed by atoms with Gasteiger partial charge in [0.25, 0.3) is 0 Å². The lowest BCUT2D eigenvalue weighted by Crippen LogP contribution is -2.43. The molecule has 7 heteroatoms. The summed E-state index contributed by atoms with van der Waals surface area (Å²) in [6.07, 6.45) is 2.68. The first kappa shape index (κ1) is 24.8. The molecule has 0 radical (unpaired) electrons. The Kier molecular flexibility index (Phi) is 8.06. The van der Waals surface area contributed by atoms with Crippen molar-refractivity contribution in [3.63, 3.8) is 0 Å². The summed E-state index contributed by atoms with van der Waals surface area (Å²) in [6.45, 7) is 3.84. The molecule has 186 valence electrons. The van der Waals surface area contributed by atoms with Gasteiger partial charge in [-0.05, 0) is 53.9 Å². The quantitative estimate of drug-likeness (QED) is 0.547. The van der Waals surface area contributed by atoms with E-state index in [1.807, 2.05) is 36.1 Å². The number of carbonyl (C=O) groups is 3. The molecule has 2 atom stereocenters. The van der Waals surface area contributed by atoms with E-state index in [0.29, 0.717) is 32.5 Å². The van der Waals surface area contributed by atoms with Gasteiger partial charge in [0.1, 0.15) is 6.61 Å². The van der Waals surface area contributed by atoms with Gasteiger partial charge in [-0.1, -0.05) is 55.5 Å². The van der Waals surface area contributed by atoms with Crippen LogP contribution in [0.3, 0.4) is 0 Å². The predicted molar refractivity (Wildman–Crippen MR) is 133 cm³/mol. The molecule has 2 aromatic rings. The van der Waals surface area contributed by atoms with E-state index in [-0.39, 0.29) is 36.7 Å². The molecule has 1 aliphatic carbocycles. The Morgan fingerprint density at radius 2 is 1.74 bits per heavy atom. The number of nitrogens with zero attached hydrogens (tertiary/aromatic N) is 1. The molecule has 7 nitrogen and oxygen atoms in total. The van der Waals surface area contributed by atoms with Crippen molar-refractivity contribution in [1.29, 1.82) is 0 Å². The van der Waals surface area contributed by atoms with E-state index in [0.717, 1.165) is 12.8 Å². The molecule has 0 aromatic heterocycles.